The molecule has 4 heteroatoms. The van der Waals surface area contributed by atoms with Crippen LogP contribution in [0.15, 0.2) is 0 Å². The number of nitrogens with one attached hydrogen (secondary N) is 1. The smallest absolute Gasteiger partial charge is 0.0389 e. The van der Waals surface area contributed by atoms with E-state index in [1.54, 1.807) is 0 Å². The molecule has 0 aromatic heterocycles. The summed E-state index contributed by atoms with van der Waals surface area (Å²) >= 11 is 0. The Balaban J connectivity index is 2.03. The highest BCUT2D eigenvalue weighted by Crippen LogP contribution is 2.19. The van der Waals surface area contributed by atoms with Gasteiger partial charge in [-0.1, -0.05) is 27.7 Å². The second kappa shape index (κ2) is 8.80. The molecule has 0 aromatic rings. The summed E-state index contributed by atoms with van der Waals surface area (Å²) in [4.78, 5) is 8.11. The van der Waals surface area contributed by atoms with E-state index in [0.29, 0.717) is 18.1 Å². The molecule has 4 nitrogen and oxygen atoms in total. The van der Waals surface area contributed by atoms with Gasteiger partial charge in [0.05, 0.1) is 0 Å². The average molecular weight is 325 g/mol. The molecule has 0 amide bonds. The van der Waals surface area contributed by atoms with Gasteiger partial charge in [-0.15, -0.1) is 0 Å². The van der Waals surface area contributed by atoms with Crippen molar-refractivity contribution < 1.29 is 0 Å². The number of hydrogen-bond acceptors (Lipinski definition) is 4. The molecule has 0 saturated carbocycles. The molecule has 0 spiro atoms. The van der Waals surface area contributed by atoms with Crippen LogP contribution in [0.5, 0.6) is 0 Å². The van der Waals surface area contributed by atoms with Crippen LogP contribution in [-0.4, -0.2) is 85.2 Å². The molecule has 2 saturated heterocycles. The van der Waals surface area contributed by atoms with Crippen molar-refractivity contribution in [3.63, 3.8) is 0 Å². The van der Waals surface area contributed by atoms with E-state index in [0.717, 1.165) is 18.4 Å². The first-order valence-electron chi connectivity index (χ1n) is 9.80. The van der Waals surface area contributed by atoms with Crippen molar-refractivity contribution in [2.75, 3.05) is 52.4 Å². The van der Waals surface area contributed by atoms with E-state index >= 15 is 0 Å². The molecule has 1 N–H and O–H groups in total. The Kier molecular flexibility index (Phi) is 7.33. The monoisotopic (exact) mass is 324 g/mol. The zero-order chi connectivity index (χ0) is 17.0. The number of nitrogens with zero attached hydrogens (tertiary/aromatic N) is 3. The van der Waals surface area contributed by atoms with Crippen LogP contribution in [0.4, 0.5) is 0 Å². The van der Waals surface area contributed by atoms with E-state index in [-0.39, 0.29) is 0 Å². The first-order valence-corrected chi connectivity index (χ1v) is 9.80. The summed E-state index contributed by atoms with van der Waals surface area (Å²) < 4.78 is 0. The van der Waals surface area contributed by atoms with Crippen molar-refractivity contribution >= 4 is 0 Å². The summed E-state index contributed by atoms with van der Waals surface area (Å²) in [5.74, 6) is 1.51. The Bertz CT molecular complexity index is 342. The van der Waals surface area contributed by atoms with Gasteiger partial charge in [0.15, 0.2) is 0 Å². The Hall–Kier alpha value is -0.160. The molecule has 2 aliphatic rings. The molecule has 2 heterocycles. The first kappa shape index (κ1) is 19.2. The summed E-state index contributed by atoms with van der Waals surface area (Å²) in [6.07, 6.45) is 0. The van der Waals surface area contributed by atoms with Crippen LogP contribution in [0.2, 0.25) is 0 Å². The highest BCUT2D eigenvalue weighted by molar-refractivity contribution is 4.95. The topological polar surface area (TPSA) is 21.8 Å². The molecule has 2 unspecified atom stereocenters. The van der Waals surface area contributed by atoms with Crippen LogP contribution >= 0.6 is 0 Å². The van der Waals surface area contributed by atoms with Crippen LogP contribution in [-0.2, 0) is 0 Å². The summed E-state index contributed by atoms with van der Waals surface area (Å²) in [5, 5.41) is 3.84. The molecule has 2 aliphatic heterocycles. The highest BCUT2D eigenvalue weighted by atomic mass is 15.3. The van der Waals surface area contributed by atoms with Gasteiger partial charge in [0.25, 0.3) is 0 Å². The third kappa shape index (κ3) is 5.70. The van der Waals surface area contributed by atoms with Crippen molar-refractivity contribution in [1.82, 2.24) is 20.0 Å². The quantitative estimate of drug-likeness (QED) is 0.806. The maximum atomic E-state index is 3.84. The minimum absolute atomic E-state index is 0.614. The summed E-state index contributed by atoms with van der Waals surface area (Å²) in [6.45, 7) is 23.8. The van der Waals surface area contributed by atoms with Gasteiger partial charge in [-0.3, -0.25) is 9.80 Å². The molecule has 2 fully saturated rings. The lowest BCUT2D eigenvalue weighted by molar-refractivity contribution is 0.0146. The first-order chi connectivity index (χ1) is 10.9. The molecule has 0 aromatic carbocycles. The predicted molar refractivity (Wildman–Crippen MR) is 100.0 cm³/mol. The van der Waals surface area contributed by atoms with E-state index in [9.17, 15) is 0 Å². The molecule has 2 atom stereocenters. The lowest BCUT2D eigenvalue weighted by Crippen LogP contribution is -2.66. The molecule has 23 heavy (non-hydrogen) atoms. The van der Waals surface area contributed by atoms with E-state index < -0.39 is 0 Å². The highest BCUT2D eigenvalue weighted by Gasteiger charge is 2.36. The third-order valence-electron chi connectivity index (χ3n) is 5.27. The van der Waals surface area contributed by atoms with Crippen LogP contribution < -0.4 is 5.32 Å². The Morgan fingerprint density at radius 2 is 1.57 bits per heavy atom. The molecule has 2 rings (SSSR count). The van der Waals surface area contributed by atoms with Crippen LogP contribution in [0.3, 0.4) is 0 Å². The number of rotatable bonds is 6. The van der Waals surface area contributed by atoms with Crippen molar-refractivity contribution in [3.8, 4) is 0 Å². The maximum Gasteiger partial charge on any atom is 0.0389 e. The Morgan fingerprint density at radius 1 is 0.870 bits per heavy atom. The second-order valence-electron chi connectivity index (χ2n) is 8.76. The van der Waals surface area contributed by atoms with Gasteiger partial charge in [-0.05, 0) is 25.7 Å². The average Bonchev–Trinajstić information content (AvgIpc) is 2.46. The Labute approximate surface area is 144 Å². The minimum Gasteiger partial charge on any atom is -0.310 e. The summed E-state index contributed by atoms with van der Waals surface area (Å²) in [5.41, 5.74) is 0. The van der Waals surface area contributed by atoms with Crippen molar-refractivity contribution in [2.24, 2.45) is 11.8 Å². The van der Waals surface area contributed by atoms with E-state index in [1.165, 1.54) is 45.8 Å². The minimum atomic E-state index is 0.614. The Morgan fingerprint density at radius 3 is 2.17 bits per heavy atom. The van der Waals surface area contributed by atoms with Crippen molar-refractivity contribution in [2.45, 2.75) is 59.7 Å². The lowest BCUT2D eigenvalue weighted by Gasteiger charge is -2.49. The molecular formula is C19H40N4. The van der Waals surface area contributed by atoms with Gasteiger partial charge in [0.2, 0.25) is 0 Å². The van der Waals surface area contributed by atoms with Gasteiger partial charge < -0.3 is 10.2 Å². The van der Waals surface area contributed by atoms with E-state index in [4.69, 9.17) is 0 Å². The third-order valence-corrected chi connectivity index (χ3v) is 5.27. The standard InChI is InChI=1S/C19H40N4/c1-15(2)11-21-8-7-20-18(13-21)19-14-22(17(5)6)9-10-23(19)12-16(3)4/h15-20H,7-14H2,1-6H3. The van der Waals surface area contributed by atoms with E-state index in [1.807, 2.05) is 0 Å². The fraction of sp³-hybridized carbons (Fsp3) is 1.00. The molecule has 0 aliphatic carbocycles. The SMILES string of the molecule is CC(C)CN1CCNC(C2CN(C(C)C)CCN2CC(C)C)C1. The molecular weight excluding hydrogens is 284 g/mol. The number of piperazine rings is 2. The van der Waals surface area contributed by atoms with Gasteiger partial charge in [0, 0.05) is 70.5 Å². The summed E-state index contributed by atoms with van der Waals surface area (Å²) in [6, 6.07) is 1.93. The second-order valence-corrected chi connectivity index (χ2v) is 8.76. The molecule has 0 bridgehead atoms. The van der Waals surface area contributed by atoms with Crippen molar-refractivity contribution in [3.05, 3.63) is 0 Å². The normalized spacial score (nSPS) is 29.1. The van der Waals surface area contributed by atoms with Crippen LogP contribution in [0, 0.1) is 11.8 Å². The van der Waals surface area contributed by atoms with Crippen LogP contribution in [0.1, 0.15) is 41.5 Å². The van der Waals surface area contributed by atoms with Crippen LogP contribution in [0.25, 0.3) is 0 Å². The maximum absolute atomic E-state index is 3.84. The summed E-state index contributed by atoms with van der Waals surface area (Å²) in [7, 11) is 0. The van der Waals surface area contributed by atoms with Crippen molar-refractivity contribution in [1.29, 1.82) is 0 Å². The fourth-order valence-electron chi connectivity index (χ4n) is 4.20. The zero-order valence-electron chi connectivity index (χ0n) is 16.4. The van der Waals surface area contributed by atoms with E-state index in [2.05, 4.69) is 61.6 Å². The molecule has 136 valence electrons. The largest absolute Gasteiger partial charge is 0.310 e. The fourth-order valence-corrected chi connectivity index (χ4v) is 4.20. The van der Waals surface area contributed by atoms with Gasteiger partial charge in [-0.2, -0.15) is 0 Å². The zero-order valence-corrected chi connectivity index (χ0v) is 16.4. The number of hydrogen-bond donors (Lipinski definition) is 1. The van der Waals surface area contributed by atoms with Gasteiger partial charge >= 0.3 is 0 Å². The molecule has 0 radical (unpaired) electrons. The predicted octanol–water partition coefficient (Wildman–Crippen LogP) is 1.97. The lowest BCUT2D eigenvalue weighted by atomic mass is 9.98. The van der Waals surface area contributed by atoms with Gasteiger partial charge in [0.1, 0.15) is 0 Å². The van der Waals surface area contributed by atoms with Gasteiger partial charge in [-0.25, -0.2) is 0 Å².